The van der Waals surface area contributed by atoms with Crippen molar-refractivity contribution in [3.63, 3.8) is 0 Å². The van der Waals surface area contributed by atoms with Crippen LogP contribution < -0.4 is 15.0 Å². The number of rotatable bonds is 4. The molecule has 0 unspecified atom stereocenters. The first-order valence-electron chi connectivity index (χ1n) is 8.60. The van der Waals surface area contributed by atoms with Crippen LogP contribution in [0, 0.1) is 0 Å². The number of hydrogen-bond donors (Lipinski definition) is 1. The molecule has 0 saturated heterocycles. The molecular weight excluding hydrogens is 399 g/mol. The molecular formula is C20H16Cl2N4O2. The molecule has 0 spiro atoms. The summed E-state index contributed by atoms with van der Waals surface area (Å²) < 4.78 is 5.90. The van der Waals surface area contributed by atoms with E-state index >= 15 is 0 Å². The number of hydrogen-bond acceptors (Lipinski definition) is 5. The Hall–Kier alpha value is -2.83. The van der Waals surface area contributed by atoms with Crippen molar-refractivity contribution in [2.24, 2.45) is 0 Å². The maximum absolute atomic E-state index is 12.2. The van der Waals surface area contributed by atoms with E-state index in [0.29, 0.717) is 52.5 Å². The van der Waals surface area contributed by atoms with E-state index in [0.717, 1.165) is 10.9 Å². The van der Waals surface area contributed by atoms with Crippen molar-refractivity contribution >= 4 is 51.5 Å². The summed E-state index contributed by atoms with van der Waals surface area (Å²) in [5.41, 5.74) is 2.30. The maximum Gasteiger partial charge on any atom is 0.250 e. The van der Waals surface area contributed by atoms with Crippen molar-refractivity contribution in [2.45, 2.75) is 6.54 Å². The Morgan fingerprint density at radius 2 is 2.04 bits per heavy atom. The number of aromatic nitrogens is 2. The number of carbonyl (C=O) groups excluding carboxylic acids is 1. The van der Waals surface area contributed by atoms with Gasteiger partial charge in [0.05, 0.1) is 23.1 Å². The van der Waals surface area contributed by atoms with E-state index in [1.54, 1.807) is 11.0 Å². The van der Waals surface area contributed by atoms with Crippen LogP contribution in [0.3, 0.4) is 0 Å². The number of fused-ring (bicyclic) bond motifs is 3. The molecule has 0 aliphatic carbocycles. The van der Waals surface area contributed by atoms with Gasteiger partial charge in [0.25, 0.3) is 5.91 Å². The van der Waals surface area contributed by atoms with Gasteiger partial charge >= 0.3 is 0 Å². The van der Waals surface area contributed by atoms with Crippen LogP contribution in [0.1, 0.15) is 5.56 Å². The van der Waals surface area contributed by atoms with Crippen LogP contribution in [-0.4, -0.2) is 29.0 Å². The largest absolute Gasteiger partial charge is 0.489 e. The minimum Gasteiger partial charge on any atom is -0.489 e. The van der Waals surface area contributed by atoms with Gasteiger partial charge in [-0.1, -0.05) is 29.8 Å². The molecule has 1 aromatic heterocycles. The normalized spacial score (nSPS) is 13.0. The number of anilines is 2. The summed E-state index contributed by atoms with van der Waals surface area (Å²) in [7, 11) is 0. The number of nitrogens with zero attached hydrogens (tertiary/aromatic N) is 3. The minimum absolute atomic E-state index is 0.177. The monoisotopic (exact) mass is 414 g/mol. The molecule has 0 fully saturated rings. The Morgan fingerprint density at radius 1 is 1.25 bits per heavy atom. The Balaban J connectivity index is 1.75. The molecule has 2 heterocycles. The van der Waals surface area contributed by atoms with Crippen molar-refractivity contribution in [1.82, 2.24) is 9.97 Å². The molecule has 1 N–H and O–H groups in total. The second-order valence-corrected chi connectivity index (χ2v) is 7.08. The molecule has 1 aliphatic heterocycles. The van der Waals surface area contributed by atoms with Crippen LogP contribution >= 0.6 is 23.2 Å². The van der Waals surface area contributed by atoms with E-state index < -0.39 is 0 Å². The minimum atomic E-state index is -0.177. The lowest BCUT2D eigenvalue weighted by Gasteiger charge is -2.29. The maximum atomic E-state index is 12.2. The summed E-state index contributed by atoms with van der Waals surface area (Å²) in [5, 5.41) is 5.14. The number of benzene rings is 2. The van der Waals surface area contributed by atoms with Gasteiger partial charge in [-0.15, -0.1) is 0 Å². The molecule has 0 bridgehead atoms. The molecule has 0 radical (unpaired) electrons. The topological polar surface area (TPSA) is 67.4 Å². The third-order valence-corrected chi connectivity index (χ3v) is 4.85. The number of nitrogens with one attached hydrogen (secondary N) is 1. The second-order valence-electron chi connectivity index (χ2n) is 6.20. The van der Waals surface area contributed by atoms with Crippen LogP contribution in [0.4, 0.5) is 11.5 Å². The third-order valence-electron chi connectivity index (χ3n) is 4.41. The van der Waals surface area contributed by atoms with Gasteiger partial charge in [0.15, 0.2) is 5.75 Å². The van der Waals surface area contributed by atoms with Crippen molar-refractivity contribution in [1.29, 1.82) is 0 Å². The second kappa shape index (κ2) is 7.66. The van der Waals surface area contributed by atoms with E-state index in [2.05, 4.69) is 21.9 Å². The highest BCUT2D eigenvalue weighted by Gasteiger charge is 2.25. The van der Waals surface area contributed by atoms with Gasteiger partial charge in [0.2, 0.25) is 0 Å². The quantitative estimate of drug-likeness (QED) is 0.638. The van der Waals surface area contributed by atoms with Crippen LogP contribution in [0.25, 0.3) is 10.9 Å². The summed E-state index contributed by atoms with van der Waals surface area (Å²) in [6.07, 6.45) is 2.78. The zero-order valence-electron chi connectivity index (χ0n) is 14.8. The van der Waals surface area contributed by atoms with Crippen molar-refractivity contribution in [3.8, 4) is 5.75 Å². The Morgan fingerprint density at radius 3 is 2.79 bits per heavy atom. The standard InChI is InChI=1S/C20H16Cl2N4O2/c1-2-17(27)26-5-6-28-19-16(26)4-3-15-18(19)20(25-11-24-15)23-10-12-7-13(21)9-14(22)8-12/h2-4,7-9,11H,1,5-6,10H2,(H,23,24,25). The van der Waals surface area contributed by atoms with E-state index in [9.17, 15) is 4.79 Å². The Kier molecular flexibility index (Phi) is 5.07. The highest BCUT2D eigenvalue weighted by molar-refractivity contribution is 6.34. The smallest absolute Gasteiger partial charge is 0.250 e. The van der Waals surface area contributed by atoms with Gasteiger partial charge in [-0.25, -0.2) is 9.97 Å². The van der Waals surface area contributed by atoms with Gasteiger partial charge < -0.3 is 15.0 Å². The summed E-state index contributed by atoms with van der Waals surface area (Å²) >= 11 is 12.2. The van der Waals surface area contributed by atoms with Gasteiger partial charge in [-0.3, -0.25) is 4.79 Å². The summed E-state index contributed by atoms with van der Waals surface area (Å²) in [6, 6.07) is 9.02. The van der Waals surface area contributed by atoms with Crippen LogP contribution in [0.15, 0.2) is 49.3 Å². The molecule has 2 aromatic carbocycles. The molecule has 8 heteroatoms. The van der Waals surface area contributed by atoms with E-state index in [1.165, 1.54) is 12.4 Å². The lowest BCUT2D eigenvalue weighted by molar-refractivity contribution is -0.114. The number of ether oxygens (including phenoxy) is 1. The molecule has 4 rings (SSSR count). The summed E-state index contributed by atoms with van der Waals surface area (Å²) in [6.45, 7) is 4.88. The average Bonchev–Trinajstić information content (AvgIpc) is 2.70. The van der Waals surface area contributed by atoms with Crippen LogP contribution in [0.2, 0.25) is 10.0 Å². The number of carbonyl (C=O) groups is 1. The molecule has 28 heavy (non-hydrogen) atoms. The Labute approximate surface area is 171 Å². The Bertz CT molecular complexity index is 1070. The lowest BCUT2D eigenvalue weighted by Crippen LogP contribution is -2.36. The molecule has 1 amide bonds. The molecule has 1 aliphatic rings. The molecule has 0 atom stereocenters. The van der Waals surface area contributed by atoms with Gasteiger partial charge in [0.1, 0.15) is 18.8 Å². The molecule has 3 aromatic rings. The fourth-order valence-corrected chi connectivity index (χ4v) is 3.77. The fourth-order valence-electron chi connectivity index (χ4n) is 3.20. The zero-order valence-corrected chi connectivity index (χ0v) is 16.3. The predicted molar refractivity (Wildman–Crippen MR) is 111 cm³/mol. The first kappa shape index (κ1) is 18.5. The first-order chi connectivity index (χ1) is 13.6. The van der Waals surface area contributed by atoms with Gasteiger partial charge in [-0.2, -0.15) is 0 Å². The van der Waals surface area contributed by atoms with Crippen LogP contribution in [-0.2, 0) is 11.3 Å². The summed E-state index contributed by atoms with van der Waals surface area (Å²) in [4.78, 5) is 22.5. The summed E-state index contributed by atoms with van der Waals surface area (Å²) in [5.74, 6) is 1.00. The van der Waals surface area contributed by atoms with Crippen LogP contribution in [0.5, 0.6) is 5.75 Å². The number of amides is 1. The van der Waals surface area contributed by atoms with Gasteiger partial charge in [0, 0.05) is 16.6 Å². The molecule has 6 nitrogen and oxygen atoms in total. The number of halogens is 2. The van der Waals surface area contributed by atoms with Crippen molar-refractivity contribution in [2.75, 3.05) is 23.4 Å². The van der Waals surface area contributed by atoms with Crippen molar-refractivity contribution in [3.05, 3.63) is 64.9 Å². The third kappa shape index (κ3) is 3.48. The van der Waals surface area contributed by atoms with Gasteiger partial charge in [-0.05, 0) is 42.0 Å². The van der Waals surface area contributed by atoms with Crippen molar-refractivity contribution < 1.29 is 9.53 Å². The molecule has 0 saturated carbocycles. The highest BCUT2D eigenvalue weighted by Crippen LogP contribution is 2.40. The lowest BCUT2D eigenvalue weighted by atomic mass is 10.1. The predicted octanol–water partition coefficient (Wildman–Crippen LogP) is 4.46. The highest BCUT2D eigenvalue weighted by atomic mass is 35.5. The first-order valence-corrected chi connectivity index (χ1v) is 9.35. The zero-order chi connectivity index (χ0) is 19.7. The van der Waals surface area contributed by atoms with E-state index in [1.807, 2.05) is 24.3 Å². The SMILES string of the molecule is C=CC(=O)N1CCOc2c1ccc1ncnc(NCc3cc(Cl)cc(Cl)c3)c21. The molecule has 142 valence electrons. The van der Waals surface area contributed by atoms with E-state index in [4.69, 9.17) is 27.9 Å². The van der Waals surface area contributed by atoms with E-state index in [-0.39, 0.29) is 5.91 Å². The average molecular weight is 415 g/mol. The fraction of sp³-hybridized carbons (Fsp3) is 0.150.